The summed E-state index contributed by atoms with van der Waals surface area (Å²) in [6.07, 6.45) is 1.49. The lowest BCUT2D eigenvalue weighted by Gasteiger charge is -2.18. The summed E-state index contributed by atoms with van der Waals surface area (Å²) in [5.74, 6) is -0.734. The fraction of sp³-hybridized carbons (Fsp3) is 0.125. The zero-order chi connectivity index (χ0) is 21.4. The second-order valence-electron chi connectivity index (χ2n) is 6.84. The van der Waals surface area contributed by atoms with Gasteiger partial charge in [-0.25, -0.2) is 13.1 Å². The van der Waals surface area contributed by atoms with Crippen molar-refractivity contribution in [1.29, 1.82) is 0 Å². The predicted molar refractivity (Wildman–Crippen MR) is 121 cm³/mol. The minimum Gasteiger partial charge on any atom is -0.325 e. The summed E-state index contributed by atoms with van der Waals surface area (Å²) in [5, 5.41) is 2.95. The van der Waals surface area contributed by atoms with Gasteiger partial charge in [0, 0.05) is 12.2 Å². The first-order valence-corrected chi connectivity index (χ1v) is 11.2. The lowest BCUT2D eigenvalue weighted by Crippen LogP contribution is -2.25. The van der Waals surface area contributed by atoms with Crippen LogP contribution in [-0.2, 0) is 20.6 Å². The minimum atomic E-state index is -3.43. The number of hydrogen-bond acceptors (Lipinski definition) is 3. The Balaban J connectivity index is 1.75. The highest BCUT2D eigenvalue weighted by Crippen LogP contribution is 2.26. The molecule has 0 spiro atoms. The maximum absolute atomic E-state index is 13.1. The second kappa shape index (κ2) is 10.0. The van der Waals surface area contributed by atoms with Crippen molar-refractivity contribution in [2.24, 2.45) is 0 Å². The Labute approximate surface area is 177 Å². The average Bonchev–Trinajstić information content (AvgIpc) is 2.75. The molecule has 0 aliphatic rings. The second-order valence-corrected chi connectivity index (χ2v) is 8.64. The van der Waals surface area contributed by atoms with Gasteiger partial charge >= 0.3 is 0 Å². The lowest BCUT2D eigenvalue weighted by molar-refractivity contribution is -0.116. The van der Waals surface area contributed by atoms with Crippen LogP contribution in [0.5, 0.6) is 0 Å². The third kappa shape index (κ3) is 5.89. The molecule has 30 heavy (non-hydrogen) atoms. The van der Waals surface area contributed by atoms with Crippen molar-refractivity contribution in [2.45, 2.75) is 11.7 Å². The molecule has 2 N–H and O–H groups in total. The standard InChI is InChI=1S/C24H24N2O3S/c1-2-17-25-30(28,29)18-19-13-15-22(16-14-19)26-24(27)23(20-9-5-3-6-10-20)21-11-7-4-8-12-21/h2-16,23,25H,1,17-18H2,(H,26,27). The van der Waals surface area contributed by atoms with E-state index in [1.807, 2.05) is 60.7 Å². The minimum absolute atomic E-state index is 0.133. The van der Waals surface area contributed by atoms with E-state index in [-0.39, 0.29) is 18.2 Å². The first-order chi connectivity index (χ1) is 14.5. The summed E-state index contributed by atoms with van der Waals surface area (Å²) in [6.45, 7) is 3.69. The van der Waals surface area contributed by atoms with Crippen molar-refractivity contribution < 1.29 is 13.2 Å². The van der Waals surface area contributed by atoms with Gasteiger partial charge in [0.1, 0.15) is 0 Å². The van der Waals surface area contributed by atoms with E-state index in [4.69, 9.17) is 0 Å². The van der Waals surface area contributed by atoms with Crippen LogP contribution in [0.3, 0.4) is 0 Å². The first kappa shape index (κ1) is 21.5. The molecule has 0 unspecified atom stereocenters. The molecule has 0 aliphatic carbocycles. The smallest absolute Gasteiger partial charge is 0.236 e. The van der Waals surface area contributed by atoms with Crippen LogP contribution in [0.1, 0.15) is 22.6 Å². The Kier molecular flexibility index (Phi) is 7.17. The maximum atomic E-state index is 13.1. The molecule has 0 heterocycles. The Hall–Kier alpha value is -3.22. The van der Waals surface area contributed by atoms with Crippen molar-refractivity contribution in [3.63, 3.8) is 0 Å². The van der Waals surface area contributed by atoms with E-state index >= 15 is 0 Å². The SMILES string of the molecule is C=CCNS(=O)(=O)Cc1ccc(NC(=O)C(c2ccccc2)c2ccccc2)cc1. The van der Waals surface area contributed by atoms with Crippen molar-refractivity contribution >= 4 is 21.6 Å². The van der Waals surface area contributed by atoms with Crippen LogP contribution < -0.4 is 10.0 Å². The van der Waals surface area contributed by atoms with Crippen molar-refractivity contribution in [2.75, 3.05) is 11.9 Å². The average molecular weight is 421 g/mol. The van der Waals surface area contributed by atoms with Gasteiger partial charge in [-0.05, 0) is 28.8 Å². The fourth-order valence-corrected chi connectivity index (χ4v) is 4.25. The van der Waals surface area contributed by atoms with Gasteiger partial charge in [0.25, 0.3) is 0 Å². The number of sulfonamides is 1. The summed E-state index contributed by atoms with van der Waals surface area (Å²) in [5.41, 5.74) is 3.04. The molecule has 0 fully saturated rings. The fourth-order valence-electron chi connectivity index (χ4n) is 3.14. The molecular weight excluding hydrogens is 396 g/mol. The lowest BCUT2D eigenvalue weighted by atomic mass is 9.90. The predicted octanol–water partition coefficient (Wildman–Crippen LogP) is 4.06. The van der Waals surface area contributed by atoms with Crippen LogP contribution in [0.2, 0.25) is 0 Å². The van der Waals surface area contributed by atoms with Crippen LogP contribution in [0, 0.1) is 0 Å². The number of hydrogen-bond donors (Lipinski definition) is 2. The Morgan fingerprint density at radius 2 is 1.40 bits per heavy atom. The van der Waals surface area contributed by atoms with Gasteiger partial charge < -0.3 is 5.32 Å². The van der Waals surface area contributed by atoms with Crippen LogP contribution >= 0.6 is 0 Å². The third-order valence-electron chi connectivity index (χ3n) is 4.55. The molecule has 0 atom stereocenters. The van der Waals surface area contributed by atoms with E-state index < -0.39 is 15.9 Å². The number of anilines is 1. The Bertz CT molecular complexity index is 1040. The number of amides is 1. The van der Waals surface area contributed by atoms with Gasteiger partial charge in [0.15, 0.2) is 0 Å². The van der Waals surface area contributed by atoms with Crippen LogP contribution in [0.25, 0.3) is 0 Å². The Morgan fingerprint density at radius 1 is 0.867 bits per heavy atom. The van der Waals surface area contributed by atoms with E-state index in [9.17, 15) is 13.2 Å². The van der Waals surface area contributed by atoms with E-state index in [1.165, 1.54) is 6.08 Å². The van der Waals surface area contributed by atoms with Crippen LogP contribution in [0.4, 0.5) is 5.69 Å². The molecule has 0 radical (unpaired) electrons. The molecular formula is C24H24N2O3S. The molecule has 3 aromatic carbocycles. The number of nitrogens with one attached hydrogen (secondary N) is 2. The largest absolute Gasteiger partial charge is 0.325 e. The molecule has 3 rings (SSSR count). The summed E-state index contributed by atoms with van der Waals surface area (Å²) in [6, 6.07) is 26.0. The molecule has 3 aromatic rings. The molecule has 0 saturated carbocycles. The Morgan fingerprint density at radius 3 is 1.90 bits per heavy atom. The molecule has 5 nitrogen and oxygen atoms in total. The number of carbonyl (C=O) groups is 1. The molecule has 154 valence electrons. The third-order valence-corrected chi connectivity index (χ3v) is 5.87. The quantitative estimate of drug-likeness (QED) is 0.513. The zero-order valence-corrected chi connectivity index (χ0v) is 17.3. The topological polar surface area (TPSA) is 75.3 Å². The molecule has 0 saturated heterocycles. The number of carbonyl (C=O) groups excluding carboxylic acids is 1. The molecule has 1 amide bonds. The summed E-state index contributed by atoms with van der Waals surface area (Å²) < 4.78 is 26.4. The van der Waals surface area contributed by atoms with E-state index in [0.29, 0.717) is 11.3 Å². The van der Waals surface area contributed by atoms with Crippen molar-refractivity contribution in [1.82, 2.24) is 4.72 Å². The molecule has 6 heteroatoms. The highest BCUT2D eigenvalue weighted by molar-refractivity contribution is 7.88. The highest BCUT2D eigenvalue weighted by Gasteiger charge is 2.22. The molecule has 0 bridgehead atoms. The summed E-state index contributed by atoms with van der Waals surface area (Å²) in [7, 11) is -3.43. The van der Waals surface area contributed by atoms with Crippen molar-refractivity contribution in [3.05, 3.63) is 114 Å². The van der Waals surface area contributed by atoms with Gasteiger partial charge in [0.2, 0.25) is 15.9 Å². The van der Waals surface area contributed by atoms with Gasteiger partial charge in [-0.2, -0.15) is 0 Å². The van der Waals surface area contributed by atoms with Crippen molar-refractivity contribution in [3.8, 4) is 0 Å². The zero-order valence-electron chi connectivity index (χ0n) is 16.5. The molecule has 0 aromatic heterocycles. The monoisotopic (exact) mass is 420 g/mol. The highest BCUT2D eigenvalue weighted by atomic mass is 32.2. The summed E-state index contributed by atoms with van der Waals surface area (Å²) in [4.78, 5) is 13.1. The van der Waals surface area contributed by atoms with Gasteiger partial charge in [0.05, 0.1) is 11.7 Å². The van der Waals surface area contributed by atoms with Gasteiger partial charge in [-0.1, -0.05) is 78.9 Å². The van der Waals surface area contributed by atoms with E-state index in [2.05, 4.69) is 16.6 Å². The first-order valence-electron chi connectivity index (χ1n) is 9.56. The van der Waals surface area contributed by atoms with Gasteiger partial charge in [-0.15, -0.1) is 6.58 Å². The van der Waals surface area contributed by atoms with E-state index in [0.717, 1.165) is 11.1 Å². The maximum Gasteiger partial charge on any atom is 0.236 e. The summed E-state index contributed by atoms with van der Waals surface area (Å²) >= 11 is 0. The van der Waals surface area contributed by atoms with Crippen LogP contribution in [0.15, 0.2) is 97.6 Å². The van der Waals surface area contributed by atoms with Crippen LogP contribution in [-0.4, -0.2) is 20.9 Å². The number of benzene rings is 3. The number of rotatable bonds is 9. The van der Waals surface area contributed by atoms with Gasteiger partial charge in [-0.3, -0.25) is 4.79 Å². The normalized spacial score (nSPS) is 11.2. The molecule has 0 aliphatic heterocycles. The van der Waals surface area contributed by atoms with E-state index in [1.54, 1.807) is 24.3 Å².